The number of carbonyl (C=O) groups excluding carboxylic acids is 1. The summed E-state index contributed by atoms with van der Waals surface area (Å²) in [4.78, 5) is 21.1. The molecule has 1 aromatic rings. The second-order valence-electron chi connectivity index (χ2n) is 4.99. The van der Waals surface area contributed by atoms with Crippen LogP contribution < -0.4 is 0 Å². The van der Waals surface area contributed by atoms with E-state index in [1.807, 2.05) is 13.1 Å². The largest absolute Gasteiger partial charge is 0.381 e. The van der Waals surface area contributed by atoms with Crippen molar-refractivity contribution in [2.24, 2.45) is 0 Å². The summed E-state index contributed by atoms with van der Waals surface area (Å²) in [5.74, 6) is 1.55. The van der Waals surface area contributed by atoms with E-state index in [-0.39, 0.29) is 10.7 Å². The SMILES string of the molecule is CC(Br)C(=O)N(C)Cc1cnc(C2CCOCC2)[nH]1. The first-order valence-electron chi connectivity index (χ1n) is 6.58. The molecule has 1 N–H and O–H groups in total. The lowest BCUT2D eigenvalue weighted by Gasteiger charge is -2.20. The van der Waals surface area contributed by atoms with Gasteiger partial charge in [0.05, 0.1) is 23.3 Å². The molecule has 0 saturated carbocycles. The van der Waals surface area contributed by atoms with Crippen molar-refractivity contribution in [3.8, 4) is 0 Å². The Balaban J connectivity index is 1.95. The van der Waals surface area contributed by atoms with Crippen molar-refractivity contribution in [2.45, 2.75) is 37.1 Å². The first kappa shape index (κ1) is 14.5. The van der Waals surface area contributed by atoms with Gasteiger partial charge in [-0.05, 0) is 19.8 Å². The molecular formula is C13H20BrN3O2. The molecule has 0 aliphatic carbocycles. The fourth-order valence-electron chi connectivity index (χ4n) is 2.27. The van der Waals surface area contributed by atoms with E-state index in [1.54, 1.807) is 11.9 Å². The third-order valence-corrected chi connectivity index (χ3v) is 3.77. The Labute approximate surface area is 121 Å². The number of hydrogen-bond donors (Lipinski definition) is 1. The smallest absolute Gasteiger partial charge is 0.236 e. The van der Waals surface area contributed by atoms with Gasteiger partial charge >= 0.3 is 0 Å². The Morgan fingerprint density at radius 2 is 2.32 bits per heavy atom. The Morgan fingerprint density at radius 1 is 1.63 bits per heavy atom. The molecule has 0 spiro atoms. The first-order chi connectivity index (χ1) is 9.08. The lowest BCUT2D eigenvalue weighted by molar-refractivity contribution is -0.129. The number of alkyl halides is 1. The zero-order chi connectivity index (χ0) is 13.8. The molecule has 6 heteroatoms. The molecule has 1 aromatic heterocycles. The van der Waals surface area contributed by atoms with Gasteiger partial charge in [0.15, 0.2) is 0 Å². The van der Waals surface area contributed by atoms with Gasteiger partial charge < -0.3 is 14.6 Å². The quantitative estimate of drug-likeness (QED) is 0.860. The van der Waals surface area contributed by atoms with Crippen molar-refractivity contribution in [2.75, 3.05) is 20.3 Å². The van der Waals surface area contributed by atoms with E-state index in [0.29, 0.717) is 12.5 Å². The summed E-state index contributed by atoms with van der Waals surface area (Å²) < 4.78 is 5.35. The Hall–Kier alpha value is -0.880. The van der Waals surface area contributed by atoms with E-state index in [9.17, 15) is 4.79 Å². The molecule has 1 saturated heterocycles. The Bertz CT molecular complexity index is 427. The summed E-state index contributed by atoms with van der Waals surface area (Å²) in [6.07, 6.45) is 3.85. The lowest BCUT2D eigenvalue weighted by Crippen LogP contribution is -2.31. The van der Waals surface area contributed by atoms with Crippen molar-refractivity contribution < 1.29 is 9.53 Å². The van der Waals surface area contributed by atoms with Gasteiger partial charge in [-0.2, -0.15) is 0 Å². The molecule has 1 amide bonds. The zero-order valence-corrected chi connectivity index (χ0v) is 12.9. The van der Waals surface area contributed by atoms with Gasteiger partial charge in [0.25, 0.3) is 0 Å². The topological polar surface area (TPSA) is 58.2 Å². The number of rotatable bonds is 4. The van der Waals surface area contributed by atoms with Crippen LogP contribution in [0.4, 0.5) is 0 Å². The number of hydrogen-bond acceptors (Lipinski definition) is 3. The Morgan fingerprint density at radius 3 is 2.95 bits per heavy atom. The van der Waals surface area contributed by atoms with Crippen molar-refractivity contribution in [1.29, 1.82) is 0 Å². The molecule has 1 fully saturated rings. The molecule has 0 bridgehead atoms. The molecule has 19 heavy (non-hydrogen) atoms. The van der Waals surface area contributed by atoms with Crippen LogP contribution in [-0.4, -0.2) is 45.9 Å². The third kappa shape index (κ3) is 3.79. The molecule has 0 radical (unpaired) electrons. The van der Waals surface area contributed by atoms with Gasteiger partial charge in [-0.1, -0.05) is 15.9 Å². The van der Waals surface area contributed by atoms with Crippen LogP contribution in [-0.2, 0) is 16.1 Å². The summed E-state index contributed by atoms with van der Waals surface area (Å²) in [6.45, 7) is 4.00. The predicted octanol–water partition coefficient (Wildman–Crippen LogP) is 2.05. The molecule has 1 aliphatic heterocycles. The summed E-state index contributed by atoms with van der Waals surface area (Å²) in [6, 6.07) is 0. The van der Waals surface area contributed by atoms with Crippen molar-refractivity contribution in [3.05, 3.63) is 17.7 Å². The number of imidazole rings is 1. The average Bonchev–Trinajstić information content (AvgIpc) is 2.87. The van der Waals surface area contributed by atoms with E-state index < -0.39 is 0 Å². The number of nitrogens with zero attached hydrogens (tertiary/aromatic N) is 2. The van der Waals surface area contributed by atoms with Crippen molar-refractivity contribution in [3.63, 3.8) is 0 Å². The number of carbonyl (C=O) groups is 1. The summed E-state index contributed by atoms with van der Waals surface area (Å²) >= 11 is 3.29. The van der Waals surface area contributed by atoms with Crippen molar-refractivity contribution in [1.82, 2.24) is 14.9 Å². The van der Waals surface area contributed by atoms with Gasteiger partial charge in [-0.25, -0.2) is 4.98 Å². The highest BCUT2D eigenvalue weighted by molar-refractivity contribution is 9.10. The second-order valence-corrected chi connectivity index (χ2v) is 6.36. The highest BCUT2D eigenvalue weighted by Crippen LogP contribution is 2.24. The maximum Gasteiger partial charge on any atom is 0.236 e. The van der Waals surface area contributed by atoms with Crippen LogP contribution in [0.3, 0.4) is 0 Å². The van der Waals surface area contributed by atoms with E-state index >= 15 is 0 Å². The minimum Gasteiger partial charge on any atom is -0.381 e. The predicted molar refractivity (Wildman–Crippen MR) is 76.2 cm³/mol. The van der Waals surface area contributed by atoms with E-state index in [4.69, 9.17) is 4.74 Å². The van der Waals surface area contributed by atoms with Crippen LogP contribution in [0.5, 0.6) is 0 Å². The second kappa shape index (κ2) is 6.52. The normalized spacial score (nSPS) is 18.3. The minimum atomic E-state index is -0.157. The number of amides is 1. The van der Waals surface area contributed by atoms with Crippen LogP contribution in [0.25, 0.3) is 0 Å². The fraction of sp³-hybridized carbons (Fsp3) is 0.692. The molecule has 0 aromatic carbocycles. The number of aromatic amines is 1. The molecule has 1 aliphatic rings. The van der Waals surface area contributed by atoms with Crippen LogP contribution in [0.1, 0.15) is 37.2 Å². The summed E-state index contributed by atoms with van der Waals surface area (Å²) in [5.41, 5.74) is 0.977. The minimum absolute atomic E-state index is 0.0715. The van der Waals surface area contributed by atoms with Crippen LogP contribution in [0.15, 0.2) is 6.20 Å². The van der Waals surface area contributed by atoms with E-state index in [1.165, 1.54) is 0 Å². The Kier molecular flexibility index (Phi) is 4.99. The van der Waals surface area contributed by atoms with E-state index in [0.717, 1.165) is 37.6 Å². The number of nitrogens with one attached hydrogen (secondary N) is 1. The fourth-order valence-corrected chi connectivity index (χ4v) is 2.62. The monoisotopic (exact) mass is 329 g/mol. The number of ether oxygens (including phenoxy) is 1. The van der Waals surface area contributed by atoms with Gasteiger partial charge in [0.1, 0.15) is 5.82 Å². The van der Waals surface area contributed by atoms with Gasteiger partial charge in [-0.3, -0.25) is 4.79 Å². The molecule has 2 rings (SSSR count). The molecule has 1 atom stereocenters. The van der Waals surface area contributed by atoms with Crippen LogP contribution in [0.2, 0.25) is 0 Å². The zero-order valence-electron chi connectivity index (χ0n) is 11.4. The highest BCUT2D eigenvalue weighted by Gasteiger charge is 2.20. The highest BCUT2D eigenvalue weighted by atomic mass is 79.9. The van der Waals surface area contributed by atoms with Gasteiger partial charge in [0, 0.05) is 26.2 Å². The van der Waals surface area contributed by atoms with Gasteiger partial charge in [0.2, 0.25) is 5.91 Å². The maximum absolute atomic E-state index is 11.8. The number of aromatic nitrogens is 2. The maximum atomic E-state index is 11.8. The summed E-state index contributed by atoms with van der Waals surface area (Å²) in [7, 11) is 1.80. The molecule has 1 unspecified atom stereocenters. The third-order valence-electron chi connectivity index (χ3n) is 3.38. The lowest BCUT2D eigenvalue weighted by atomic mass is 10.00. The van der Waals surface area contributed by atoms with E-state index in [2.05, 4.69) is 25.9 Å². The average molecular weight is 330 g/mol. The standard InChI is InChI=1S/C13H20BrN3O2/c1-9(14)13(18)17(2)8-11-7-15-12(16-11)10-3-5-19-6-4-10/h7,9-10H,3-6,8H2,1-2H3,(H,15,16). The molecular weight excluding hydrogens is 310 g/mol. The molecule has 2 heterocycles. The number of H-pyrrole nitrogens is 1. The number of halogens is 1. The van der Waals surface area contributed by atoms with Crippen molar-refractivity contribution >= 4 is 21.8 Å². The first-order valence-corrected chi connectivity index (χ1v) is 7.50. The van der Waals surface area contributed by atoms with Gasteiger partial charge in [-0.15, -0.1) is 0 Å². The van der Waals surface area contributed by atoms with Crippen LogP contribution in [0, 0.1) is 0 Å². The van der Waals surface area contributed by atoms with Crippen LogP contribution >= 0.6 is 15.9 Å². The molecule has 106 valence electrons. The molecule has 5 nitrogen and oxygen atoms in total. The summed E-state index contributed by atoms with van der Waals surface area (Å²) in [5, 5.41) is 0.